The van der Waals surface area contributed by atoms with Gasteiger partial charge in [-0.3, -0.25) is 0 Å². The second kappa shape index (κ2) is 4.70. The largest absolute Gasteiger partial charge is 0.352 e. The molecule has 2 saturated heterocycles. The molecule has 1 aromatic rings. The zero-order chi connectivity index (χ0) is 13.4. The molecule has 0 aliphatic carbocycles. The maximum absolute atomic E-state index is 11.6. The van der Waals surface area contributed by atoms with Crippen molar-refractivity contribution in [3.05, 3.63) is 23.4 Å². The lowest BCUT2D eigenvalue weighted by Gasteiger charge is -2.37. The van der Waals surface area contributed by atoms with Crippen LogP contribution in [0.4, 0.5) is 10.6 Å². The number of hydrogen-bond donors (Lipinski definition) is 2. The third-order valence-corrected chi connectivity index (χ3v) is 3.85. The lowest BCUT2D eigenvalue weighted by Crippen LogP contribution is -2.52. The molecule has 6 nitrogen and oxygen atoms in total. The number of urea groups is 1. The fourth-order valence-electron chi connectivity index (χ4n) is 2.80. The zero-order valence-electron chi connectivity index (χ0n) is 11.1. The molecule has 3 N–H and O–H groups in total. The molecule has 6 heteroatoms. The molecule has 3 heterocycles. The molecule has 2 fully saturated rings. The quantitative estimate of drug-likeness (QED) is 0.789. The summed E-state index contributed by atoms with van der Waals surface area (Å²) in [5.41, 5.74) is 7.85. The van der Waals surface area contributed by atoms with Crippen molar-refractivity contribution in [2.75, 3.05) is 31.1 Å². The number of nitrogens with two attached hydrogens (primary N) is 1. The minimum Gasteiger partial charge on any atom is -0.352 e. The topological polar surface area (TPSA) is 74.5 Å². The molecule has 2 amide bonds. The van der Waals surface area contributed by atoms with Crippen molar-refractivity contribution in [3.63, 3.8) is 0 Å². The summed E-state index contributed by atoms with van der Waals surface area (Å²) in [6.45, 7) is 5.58. The van der Waals surface area contributed by atoms with Gasteiger partial charge in [-0.2, -0.15) is 0 Å². The van der Waals surface area contributed by atoms with Crippen LogP contribution in [-0.2, 0) is 6.54 Å². The lowest BCUT2D eigenvalue weighted by molar-refractivity contribution is 0.197. The second-order valence-electron chi connectivity index (χ2n) is 5.12. The van der Waals surface area contributed by atoms with Crippen molar-refractivity contribution in [2.24, 2.45) is 5.73 Å². The fraction of sp³-hybridized carbons (Fsp3) is 0.538. The van der Waals surface area contributed by atoms with E-state index in [0.717, 1.165) is 43.3 Å². The molecular formula is C13H19N5O. The first-order valence-electron chi connectivity index (χ1n) is 6.65. The van der Waals surface area contributed by atoms with E-state index in [1.165, 1.54) is 0 Å². The van der Waals surface area contributed by atoms with Gasteiger partial charge >= 0.3 is 6.03 Å². The molecule has 3 rings (SSSR count). The highest BCUT2D eigenvalue weighted by Gasteiger charge is 2.36. The van der Waals surface area contributed by atoms with E-state index in [1.807, 2.05) is 24.0 Å². The summed E-state index contributed by atoms with van der Waals surface area (Å²) >= 11 is 0. The summed E-state index contributed by atoms with van der Waals surface area (Å²) in [5.74, 6) is 0.974. The number of aromatic nitrogens is 1. The molecule has 1 atom stereocenters. The fourth-order valence-corrected chi connectivity index (χ4v) is 2.80. The van der Waals surface area contributed by atoms with Gasteiger partial charge in [-0.05, 0) is 13.0 Å². The number of fused-ring (bicyclic) bond motifs is 1. The second-order valence-corrected chi connectivity index (χ2v) is 5.12. The molecule has 0 saturated carbocycles. The van der Waals surface area contributed by atoms with Crippen molar-refractivity contribution in [1.82, 2.24) is 15.2 Å². The predicted octanol–water partition coefficient (Wildman–Crippen LogP) is 0.0625. The number of carbonyl (C=O) groups is 1. The highest BCUT2D eigenvalue weighted by molar-refractivity contribution is 5.77. The van der Waals surface area contributed by atoms with Crippen molar-refractivity contribution in [1.29, 1.82) is 0 Å². The third kappa shape index (κ3) is 2.12. The van der Waals surface area contributed by atoms with Gasteiger partial charge in [0.05, 0.1) is 6.04 Å². The molecule has 102 valence electrons. The lowest BCUT2D eigenvalue weighted by atomic mass is 10.1. The van der Waals surface area contributed by atoms with Crippen molar-refractivity contribution in [2.45, 2.75) is 19.5 Å². The molecule has 0 radical (unpaired) electrons. The number of nitrogens with zero attached hydrogens (tertiary/aromatic N) is 3. The monoisotopic (exact) mass is 261 g/mol. The molecule has 1 aromatic heterocycles. The van der Waals surface area contributed by atoms with E-state index in [1.54, 1.807) is 0 Å². The van der Waals surface area contributed by atoms with Crippen molar-refractivity contribution < 1.29 is 4.79 Å². The Labute approximate surface area is 112 Å². The van der Waals surface area contributed by atoms with E-state index >= 15 is 0 Å². The number of hydrogen-bond acceptors (Lipinski definition) is 4. The van der Waals surface area contributed by atoms with Crippen LogP contribution < -0.4 is 16.0 Å². The summed E-state index contributed by atoms with van der Waals surface area (Å²) in [7, 11) is 0. The van der Waals surface area contributed by atoms with Crippen molar-refractivity contribution >= 4 is 11.8 Å². The molecule has 0 bridgehead atoms. The number of anilines is 1. The van der Waals surface area contributed by atoms with Gasteiger partial charge in [0, 0.05) is 44.0 Å². The summed E-state index contributed by atoms with van der Waals surface area (Å²) < 4.78 is 0. The molecule has 2 aliphatic heterocycles. The van der Waals surface area contributed by atoms with E-state index in [4.69, 9.17) is 5.73 Å². The van der Waals surface area contributed by atoms with Gasteiger partial charge in [-0.15, -0.1) is 0 Å². The molecular weight excluding hydrogens is 242 g/mol. The van der Waals surface area contributed by atoms with Crippen LogP contribution in [0.5, 0.6) is 0 Å². The number of carbonyl (C=O) groups excluding carboxylic acids is 1. The average molecular weight is 261 g/mol. The van der Waals surface area contributed by atoms with Gasteiger partial charge in [-0.25, -0.2) is 9.78 Å². The summed E-state index contributed by atoms with van der Waals surface area (Å²) in [6, 6.07) is 4.33. The SMILES string of the molecule is Cc1ccc(CN)c(N2CCN3C(=O)NCC3C2)n1. The van der Waals surface area contributed by atoms with Gasteiger partial charge < -0.3 is 20.9 Å². The van der Waals surface area contributed by atoms with E-state index in [2.05, 4.69) is 15.2 Å². The highest BCUT2D eigenvalue weighted by atomic mass is 16.2. The van der Waals surface area contributed by atoms with E-state index in [0.29, 0.717) is 6.54 Å². The molecule has 1 unspecified atom stereocenters. The van der Waals surface area contributed by atoms with E-state index in [-0.39, 0.29) is 12.1 Å². The van der Waals surface area contributed by atoms with Gasteiger partial charge in [0.25, 0.3) is 0 Å². The Morgan fingerprint density at radius 3 is 3.11 bits per heavy atom. The van der Waals surface area contributed by atoms with Crippen LogP contribution in [0.2, 0.25) is 0 Å². The Morgan fingerprint density at radius 2 is 2.32 bits per heavy atom. The Kier molecular flexibility index (Phi) is 3.02. The van der Waals surface area contributed by atoms with Crippen LogP contribution in [0, 0.1) is 6.92 Å². The van der Waals surface area contributed by atoms with Crippen LogP contribution in [0.25, 0.3) is 0 Å². The number of nitrogens with one attached hydrogen (secondary N) is 1. The van der Waals surface area contributed by atoms with Crippen LogP contribution in [-0.4, -0.2) is 48.1 Å². The first-order chi connectivity index (χ1) is 9.19. The normalized spacial score (nSPS) is 22.4. The van der Waals surface area contributed by atoms with Crippen LogP contribution >= 0.6 is 0 Å². The molecule has 19 heavy (non-hydrogen) atoms. The first-order valence-corrected chi connectivity index (χ1v) is 6.65. The Morgan fingerprint density at radius 1 is 1.47 bits per heavy atom. The number of rotatable bonds is 2. The number of pyridine rings is 1. The van der Waals surface area contributed by atoms with E-state index in [9.17, 15) is 4.79 Å². The Bertz CT molecular complexity index is 504. The predicted molar refractivity (Wildman–Crippen MR) is 73.0 cm³/mol. The van der Waals surface area contributed by atoms with Crippen LogP contribution in [0.15, 0.2) is 12.1 Å². The number of aryl methyl sites for hydroxylation is 1. The van der Waals surface area contributed by atoms with Crippen LogP contribution in [0.1, 0.15) is 11.3 Å². The van der Waals surface area contributed by atoms with Gasteiger partial charge in [0.15, 0.2) is 0 Å². The maximum Gasteiger partial charge on any atom is 0.317 e. The maximum atomic E-state index is 11.6. The standard InChI is InChI=1S/C13H19N5O/c1-9-2-3-10(6-14)12(16-9)17-4-5-18-11(8-17)7-15-13(18)19/h2-3,11H,4-8,14H2,1H3,(H,15,19). The molecule has 2 aliphatic rings. The van der Waals surface area contributed by atoms with Gasteiger partial charge in [0.1, 0.15) is 5.82 Å². The minimum absolute atomic E-state index is 0.0564. The first kappa shape index (κ1) is 12.2. The Balaban J connectivity index is 1.84. The summed E-state index contributed by atoms with van der Waals surface area (Å²) in [5, 5.41) is 2.89. The average Bonchev–Trinajstić information content (AvgIpc) is 2.80. The summed E-state index contributed by atoms with van der Waals surface area (Å²) in [4.78, 5) is 20.4. The van der Waals surface area contributed by atoms with Gasteiger partial charge in [-0.1, -0.05) is 6.07 Å². The molecule has 0 aromatic carbocycles. The minimum atomic E-state index is 0.0564. The van der Waals surface area contributed by atoms with Crippen LogP contribution in [0.3, 0.4) is 0 Å². The zero-order valence-corrected chi connectivity index (χ0v) is 11.1. The smallest absolute Gasteiger partial charge is 0.317 e. The Hall–Kier alpha value is -1.82. The highest BCUT2D eigenvalue weighted by Crippen LogP contribution is 2.23. The number of piperazine rings is 1. The number of amides is 2. The van der Waals surface area contributed by atoms with E-state index < -0.39 is 0 Å². The summed E-state index contributed by atoms with van der Waals surface area (Å²) in [6.07, 6.45) is 0. The molecule has 0 spiro atoms. The third-order valence-electron chi connectivity index (χ3n) is 3.85. The van der Waals surface area contributed by atoms with Crippen molar-refractivity contribution in [3.8, 4) is 0 Å². The van der Waals surface area contributed by atoms with Gasteiger partial charge in [0.2, 0.25) is 0 Å².